The van der Waals surface area contributed by atoms with Crippen molar-refractivity contribution in [2.24, 2.45) is 17.6 Å². The Morgan fingerprint density at radius 3 is 2.53 bits per heavy atom. The SMILES string of the molecule is CC1CCCN(C(C)(CN)C2CC2)CC1. The maximum absolute atomic E-state index is 6.02. The van der Waals surface area contributed by atoms with Crippen LogP contribution in [0.2, 0.25) is 0 Å². The Labute approximate surface area is 94.2 Å². The highest BCUT2D eigenvalue weighted by Crippen LogP contribution is 2.43. The number of nitrogens with two attached hydrogens (primary N) is 1. The molecule has 0 amide bonds. The molecule has 88 valence electrons. The van der Waals surface area contributed by atoms with E-state index in [0.29, 0.717) is 5.54 Å². The summed E-state index contributed by atoms with van der Waals surface area (Å²) < 4.78 is 0. The minimum absolute atomic E-state index is 0.310. The van der Waals surface area contributed by atoms with E-state index in [2.05, 4.69) is 18.7 Å². The highest BCUT2D eigenvalue weighted by atomic mass is 15.2. The number of rotatable bonds is 3. The molecule has 0 aromatic heterocycles. The fourth-order valence-electron chi connectivity index (χ4n) is 3.03. The predicted molar refractivity (Wildman–Crippen MR) is 64.8 cm³/mol. The molecule has 2 aliphatic rings. The molecule has 1 heterocycles. The molecule has 2 N–H and O–H groups in total. The Morgan fingerprint density at radius 2 is 1.93 bits per heavy atom. The molecule has 0 radical (unpaired) electrons. The summed E-state index contributed by atoms with van der Waals surface area (Å²) in [6, 6.07) is 0. The smallest absolute Gasteiger partial charge is 0.0331 e. The summed E-state index contributed by atoms with van der Waals surface area (Å²) in [6.45, 7) is 8.16. The Kier molecular flexibility index (Phi) is 3.36. The largest absolute Gasteiger partial charge is 0.329 e. The van der Waals surface area contributed by atoms with E-state index >= 15 is 0 Å². The summed E-state index contributed by atoms with van der Waals surface area (Å²) in [6.07, 6.45) is 6.94. The molecular weight excluding hydrogens is 184 g/mol. The van der Waals surface area contributed by atoms with E-state index < -0.39 is 0 Å². The van der Waals surface area contributed by atoms with Crippen LogP contribution in [0.15, 0.2) is 0 Å². The number of hydrogen-bond acceptors (Lipinski definition) is 2. The minimum Gasteiger partial charge on any atom is -0.329 e. The maximum atomic E-state index is 6.02. The van der Waals surface area contributed by atoms with Crippen molar-refractivity contribution in [3.63, 3.8) is 0 Å². The molecule has 1 saturated carbocycles. The first-order chi connectivity index (χ1) is 7.16. The van der Waals surface area contributed by atoms with Crippen LogP contribution in [-0.4, -0.2) is 30.1 Å². The standard InChI is InChI=1S/C13H26N2/c1-11-4-3-8-15(9-7-11)13(2,10-14)12-5-6-12/h11-12H,3-10,14H2,1-2H3. The lowest BCUT2D eigenvalue weighted by molar-refractivity contribution is 0.0922. The average molecular weight is 210 g/mol. The van der Waals surface area contributed by atoms with Gasteiger partial charge in [-0.05, 0) is 64.0 Å². The van der Waals surface area contributed by atoms with E-state index in [1.807, 2.05) is 0 Å². The molecule has 15 heavy (non-hydrogen) atoms. The van der Waals surface area contributed by atoms with E-state index in [1.54, 1.807) is 0 Å². The fourth-order valence-corrected chi connectivity index (χ4v) is 3.03. The van der Waals surface area contributed by atoms with E-state index in [9.17, 15) is 0 Å². The lowest BCUT2D eigenvalue weighted by Crippen LogP contribution is -2.53. The van der Waals surface area contributed by atoms with Gasteiger partial charge in [-0.15, -0.1) is 0 Å². The molecule has 2 heteroatoms. The minimum atomic E-state index is 0.310. The lowest BCUT2D eigenvalue weighted by Gasteiger charge is -2.40. The third-order valence-corrected chi connectivity index (χ3v) is 4.61. The van der Waals surface area contributed by atoms with Crippen molar-refractivity contribution in [2.75, 3.05) is 19.6 Å². The van der Waals surface area contributed by atoms with Crippen molar-refractivity contribution < 1.29 is 0 Å². The molecule has 1 aliphatic heterocycles. The van der Waals surface area contributed by atoms with Gasteiger partial charge >= 0.3 is 0 Å². The van der Waals surface area contributed by atoms with Gasteiger partial charge in [-0.25, -0.2) is 0 Å². The third kappa shape index (κ3) is 2.36. The summed E-state index contributed by atoms with van der Waals surface area (Å²) in [4.78, 5) is 2.69. The van der Waals surface area contributed by atoms with Gasteiger partial charge in [0.05, 0.1) is 0 Å². The van der Waals surface area contributed by atoms with Gasteiger partial charge in [0, 0.05) is 12.1 Å². The Bertz CT molecular complexity index is 213. The van der Waals surface area contributed by atoms with E-state index in [1.165, 1.54) is 45.2 Å². The van der Waals surface area contributed by atoms with Crippen LogP contribution in [0, 0.1) is 11.8 Å². The molecule has 0 aromatic rings. The predicted octanol–water partition coefficient (Wildman–Crippen LogP) is 2.24. The van der Waals surface area contributed by atoms with Gasteiger partial charge < -0.3 is 5.73 Å². The van der Waals surface area contributed by atoms with Crippen molar-refractivity contribution in [3.05, 3.63) is 0 Å². The average Bonchev–Trinajstić information content (AvgIpc) is 3.03. The van der Waals surface area contributed by atoms with Crippen molar-refractivity contribution in [2.45, 2.75) is 51.5 Å². The van der Waals surface area contributed by atoms with Crippen molar-refractivity contribution in [1.82, 2.24) is 4.90 Å². The van der Waals surface area contributed by atoms with Crippen molar-refractivity contribution in [3.8, 4) is 0 Å². The topological polar surface area (TPSA) is 29.3 Å². The molecule has 0 bridgehead atoms. The zero-order valence-electron chi connectivity index (χ0n) is 10.3. The molecule has 2 rings (SSSR count). The normalized spacial score (nSPS) is 33.4. The summed E-state index contributed by atoms with van der Waals surface area (Å²) in [7, 11) is 0. The second kappa shape index (κ2) is 4.42. The molecule has 2 atom stereocenters. The van der Waals surface area contributed by atoms with Crippen molar-refractivity contribution in [1.29, 1.82) is 0 Å². The molecule has 2 fully saturated rings. The molecule has 1 aliphatic carbocycles. The highest BCUT2D eigenvalue weighted by Gasteiger charge is 2.44. The fraction of sp³-hybridized carbons (Fsp3) is 1.00. The Balaban J connectivity index is 2.00. The van der Waals surface area contributed by atoms with Crippen LogP contribution in [0.1, 0.15) is 46.0 Å². The van der Waals surface area contributed by atoms with Gasteiger partial charge in [-0.1, -0.05) is 6.92 Å². The molecule has 1 saturated heterocycles. The van der Waals surface area contributed by atoms with E-state index in [-0.39, 0.29) is 0 Å². The third-order valence-electron chi connectivity index (χ3n) is 4.61. The summed E-state index contributed by atoms with van der Waals surface area (Å²) >= 11 is 0. The van der Waals surface area contributed by atoms with Crippen LogP contribution in [0.25, 0.3) is 0 Å². The number of nitrogens with zero attached hydrogens (tertiary/aromatic N) is 1. The summed E-state index contributed by atoms with van der Waals surface area (Å²) in [5.74, 6) is 1.80. The van der Waals surface area contributed by atoms with Gasteiger partial charge in [-0.3, -0.25) is 4.90 Å². The van der Waals surface area contributed by atoms with E-state index in [4.69, 9.17) is 5.73 Å². The van der Waals surface area contributed by atoms with Crippen LogP contribution in [-0.2, 0) is 0 Å². The first-order valence-corrected chi connectivity index (χ1v) is 6.62. The number of likely N-dealkylation sites (tertiary alicyclic amines) is 1. The van der Waals surface area contributed by atoms with Gasteiger partial charge in [0.25, 0.3) is 0 Å². The van der Waals surface area contributed by atoms with Gasteiger partial charge in [0.15, 0.2) is 0 Å². The lowest BCUT2D eigenvalue weighted by atomic mass is 9.93. The molecule has 0 spiro atoms. The van der Waals surface area contributed by atoms with Crippen LogP contribution in [0.4, 0.5) is 0 Å². The number of hydrogen-bond donors (Lipinski definition) is 1. The molecule has 0 aromatic carbocycles. The summed E-state index contributed by atoms with van der Waals surface area (Å²) in [5, 5.41) is 0. The zero-order chi connectivity index (χ0) is 10.9. The highest BCUT2D eigenvalue weighted by molar-refractivity contribution is 5.00. The second-order valence-electron chi connectivity index (χ2n) is 5.86. The molecular formula is C13H26N2. The van der Waals surface area contributed by atoms with Gasteiger partial charge in [0.1, 0.15) is 0 Å². The van der Waals surface area contributed by atoms with Crippen LogP contribution >= 0.6 is 0 Å². The molecule has 2 unspecified atom stereocenters. The van der Waals surface area contributed by atoms with Crippen molar-refractivity contribution >= 4 is 0 Å². The zero-order valence-corrected chi connectivity index (χ0v) is 10.3. The second-order valence-corrected chi connectivity index (χ2v) is 5.86. The first-order valence-electron chi connectivity index (χ1n) is 6.62. The summed E-state index contributed by atoms with van der Waals surface area (Å²) in [5.41, 5.74) is 6.33. The van der Waals surface area contributed by atoms with Gasteiger partial charge in [0.2, 0.25) is 0 Å². The van der Waals surface area contributed by atoms with E-state index in [0.717, 1.165) is 18.4 Å². The van der Waals surface area contributed by atoms with Crippen LogP contribution in [0.5, 0.6) is 0 Å². The monoisotopic (exact) mass is 210 g/mol. The van der Waals surface area contributed by atoms with Crippen LogP contribution < -0.4 is 5.73 Å². The van der Waals surface area contributed by atoms with Gasteiger partial charge in [-0.2, -0.15) is 0 Å². The Morgan fingerprint density at radius 1 is 1.20 bits per heavy atom. The Hall–Kier alpha value is -0.0800. The quantitative estimate of drug-likeness (QED) is 0.774. The first kappa shape index (κ1) is 11.4. The molecule has 2 nitrogen and oxygen atoms in total. The maximum Gasteiger partial charge on any atom is 0.0331 e. The van der Waals surface area contributed by atoms with Crippen LogP contribution in [0.3, 0.4) is 0 Å².